The number of hydrogen-bond acceptors (Lipinski definition) is 9. The minimum absolute atomic E-state index is 0.0237. The highest BCUT2D eigenvalue weighted by Gasteiger charge is 2.31. The second-order valence-electron chi connectivity index (χ2n) is 5.10. The van der Waals surface area contributed by atoms with Crippen molar-refractivity contribution in [3.8, 4) is 0 Å². The minimum Gasteiger partial charge on any atom is -0.468 e. The smallest absolute Gasteiger partial charge is 0.325 e. The third kappa shape index (κ3) is 4.17. The van der Waals surface area contributed by atoms with E-state index >= 15 is 0 Å². The number of hydrogen-bond donors (Lipinski definition) is 1. The van der Waals surface area contributed by atoms with Gasteiger partial charge in [0.25, 0.3) is 11.4 Å². The Kier molecular flexibility index (Phi) is 5.70. The highest BCUT2D eigenvalue weighted by atomic mass is 32.2. The number of nitrogens with zero attached hydrogens (tertiary/aromatic N) is 2. The van der Waals surface area contributed by atoms with Gasteiger partial charge in [0.2, 0.25) is 9.84 Å². The second-order valence-corrected chi connectivity index (χ2v) is 6.98. The van der Waals surface area contributed by atoms with Crippen LogP contribution in [0.3, 0.4) is 0 Å². The quantitative estimate of drug-likeness (QED) is 0.420. The van der Waals surface area contributed by atoms with Crippen molar-refractivity contribution in [2.75, 3.05) is 19.0 Å². The van der Waals surface area contributed by atoms with Gasteiger partial charge >= 0.3 is 5.97 Å². The van der Waals surface area contributed by atoms with E-state index in [2.05, 4.69) is 10.1 Å². The van der Waals surface area contributed by atoms with Gasteiger partial charge < -0.3 is 10.1 Å². The van der Waals surface area contributed by atoms with Crippen LogP contribution in [-0.2, 0) is 19.4 Å². The van der Waals surface area contributed by atoms with Crippen LogP contribution in [0.5, 0.6) is 0 Å². The molecule has 142 valence electrons. The van der Waals surface area contributed by atoms with Crippen LogP contribution in [-0.4, -0.2) is 37.9 Å². The number of esters is 1. The molecule has 2 aromatic carbocycles. The van der Waals surface area contributed by atoms with Gasteiger partial charge in [-0.2, -0.15) is 0 Å². The summed E-state index contributed by atoms with van der Waals surface area (Å²) in [6.07, 6.45) is 0. The van der Waals surface area contributed by atoms with Crippen molar-refractivity contribution in [1.29, 1.82) is 0 Å². The van der Waals surface area contributed by atoms with Crippen LogP contribution in [0.2, 0.25) is 0 Å². The van der Waals surface area contributed by atoms with E-state index in [-0.39, 0.29) is 17.1 Å². The summed E-state index contributed by atoms with van der Waals surface area (Å²) >= 11 is 0. The Bertz CT molecular complexity index is 1020. The number of carbonyl (C=O) groups is 1. The van der Waals surface area contributed by atoms with Gasteiger partial charge in [-0.05, 0) is 18.2 Å². The summed E-state index contributed by atoms with van der Waals surface area (Å²) in [6.45, 7) is -0.328. The lowest BCUT2D eigenvalue weighted by Crippen LogP contribution is -2.17. The van der Waals surface area contributed by atoms with Crippen LogP contribution in [0.1, 0.15) is 0 Å². The molecule has 0 saturated heterocycles. The molecule has 12 heteroatoms. The first kappa shape index (κ1) is 19.8. The van der Waals surface area contributed by atoms with Gasteiger partial charge in [0.15, 0.2) is 0 Å². The minimum atomic E-state index is -4.42. The summed E-state index contributed by atoms with van der Waals surface area (Å²) in [5.41, 5.74) is -1.51. The van der Waals surface area contributed by atoms with Gasteiger partial charge in [0.05, 0.1) is 33.6 Å². The number of carbonyl (C=O) groups excluding carboxylic acids is 1. The third-order valence-electron chi connectivity index (χ3n) is 3.47. The van der Waals surface area contributed by atoms with E-state index in [9.17, 15) is 33.4 Å². The van der Waals surface area contributed by atoms with Crippen LogP contribution < -0.4 is 5.32 Å². The Morgan fingerprint density at radius 2 is 1.74 bits per heavy atom. The van der Waals surface area contributed by atoms with Crippen LogP contribution >= 0.6 is 0 Å². The largest absolute Gasteiger partial charge is 0.468 e. The fourth-order valence-corrected chi connectivity index (χ4v) is 3.77. The lowest BCUT2D eigenvalue weighted by atomic mass is 10.3. The topological polar surface area (TPSA) is 159 Å². The number of ether oxygens (including phenoxy) is 1. The van der Waals surface area contributed by atoms with Crippen molar-refractivity contribution in [3.63, 3.8) is 0 Å². The Labute approximate surface area is 152 Å². The van der Waals surface area contributed by atoms with E-state index in [1.807, 2.05) is 0 Å². The molecular formula is C15H13N3O8S. The molecule has 0 unspecified atom stereocenters. The molecule has 2 rings (SSSR count). The average molecular weight is 395 g/mol. The molecule has 0 aliphatic rings. The maximum Gasteiger partial charge on any atom is 0.325 e. The number of nitrogens with one attached hydrogen (secondary N) is 1. The molecule has 0 heterocycles. The molecule has 0 aliphatic heterocycles. The van der Waals surface area contributed by atoms with Gasteiger partial charge in [-0.25, -0.2) is 8.42 Å². The van der Waals surface area contributed by atoms with Crippen molar-refractivity contribution in [3.05, 3.63) is 62.7 Å². The molecule has 0 amide bonds. The Morgan fingerprint density at radius 1 is 1.07 bits per heavy atom. The number of benzene rings is 2. The molecule has 0 radical (unpaired) electrons. The summed E-state index contributed by atoms with van der Waals surface area (Å²) < 4.78 is 30.4. The van der Waals surface area contributed by atoms with E-state index in [0.717, 1.165) is 19.2 Å². The number of para-hydroxylation sites is 1. The number of non-ortho nitro benzene ring substituents is 1. The highest BCUT2D eigenvalue weighted by Crippen LogP contribution is 2.35. The number of nitro groups is 2. The second kappa shape index (κ2) is 7.78. The lowest BCUT2D eigenvalue weighted by Gasteiger charge is -2.12. The van der Waals surface area contributed by atoms with E-state index in [1.165, 1.54) is 24.3 Å². The molecule has 27 heavy (non-hydrogen) atoms. The summed E-state index contributed by atoms with van der Waals surface area (Å²) in [5.74, 6) is -0.650. The monoisotopic (exact) mass is 395 g/mol. The van der Waals surface area contributed by atoms with Crippen LogP contribution in [0, 0.1) is 20.2 Å². The van der Waals surface area contributed by atoms with Crippen LogP contribution in [0.25, 0.3) is 0 Å². The molecule has 11 nitrogen and oxygen atoms in total. The van der Waals surface area contributed by atoms with Crippen LogP contribution in [0.15, 0.2) is 52.3 Å². The van der Waals surface area contributed by atoms with Crippen molar-refractivity contribution < 1.29 is 27.8 Å². The van der Waals surface area contributed by atoms with Gasteiger partial charge in [-0.15, -0.1) is 0 Å². The maximum atomic E-state index is 12.9. The highest BCUT2D eigenvalue weighted by molar-refractivity contribution is 7.91. The first-order valence-electron chi connectivity index (χ1n) is 7.26. The van der Waals surface area contributed by atoms with E-state index in [0.29, 0.717) is 6.07 Å². The first-order valence-corrected chi connectivity index (χ1v) is 8.74. The van der Waals surface area contributed by atoms with Gasteiger partial charge in [-0.1, -0.05) is 12.1 Å². The van der Waals surface area contributed by atoms with Gasteiger partial charge in [0.1, 0.15) is 11.4 Å². The molecule has 2 aromatic rings. The number of anilines is 1. The predicted molar refractivity (Wildman–Crippen MR) is 92.2 cm³/mol. The Morgan fingerprint density at radius 3 is 2.33 bits per heavy atom. The van der Waals surface area contributed by atoms with E-state index in [1.54, 1.807) is 0 Å². The number of methoxy groups -OCH3 is 1. The first-order chi connectivity index (χ1) is 12.7. The molecule has 0 aromatic heterocycles. The molecule has 0 atom stereocenters. The van der Waals surface area contributed by atoms with Crippen molar-refractivity contribution in [2.45, 2.75) is 9.79 Å². The summed E-state index contributed by atoms with van der Waals surface area (Å²) in [7, 11) is -3.26. The molecular weight excluding hydrogens is 382 g/mol. The third-order valence-corrected chi connectivity index (χ3v) is 5.33. The summed E-state index contributed by atoms with van der Waals surface area (Å²) in [6, 6.07) is 7.72. The fourth-order valence-electron chi connectivity index (χ4n) is 2.19. The van der Waals surface area contributed by atoms with E-state index in [4.69, 9.17) is 0 Å². The maximum absolute atomic E-state index is 12.9. The molecule has 0 bridgehead atoms. The summed E-state index contributed by atoms with van der Waals surface area (Å²) in [4.78, 5) is 30.4. The fraction of sp³-hybridized carbons (Fsp3) is 0.133. The molecule has 0 saturated carbocycles. The zero-order chi connectivity index (χ0) is 20.2. The van der Waals surface area contributed by atoms with Crippen molar-refractivity contribution in [2.24, 2.45) is 0 Å². The number of rotatable bonds is 7. The van der Waals surface area contributed by atoms with Crippen molar-refractivity contribution in [1.82, 2.24) is 0 Å². The molecule has 0 fully saturated rings. The molecule has 0 spiro atoms. The number of nitro benzene ring substituents is 2. The van der Waals surface area contributed by atoms with Crippen molar-refractivity contribution >= 4 is 32.9 Å². The normalized spacial score (nSPS) is 10.9. The van der Waals surface area contributed by atoms with E-state index < -0.39 is 41.9 Å². The SMILES string of the molecule is COC(=O)CNc1ccccc1S(=O)(=O)c1ccc([N+](=O)[O-])cc1[N+](=O)[O-]. The van der Waals surface area contributed by atoms with Crippen LogP contribution in [0.4, 0.5) is 17.1 Å². The molecule has 1 N–H and O–H groups in total. The summed E-state index contributed by atoms with van der Waals surface area (Å²) in [5, 5.41) is 24.7. The van der Waals surface area contributed by atoms with Gasteiger partial charge in [0, 0.05) is 6.07 Å². The number of sulfone groups is 1. The Hall–Kier alpha value is -3.54. The van der Waals surface area contributed by atoms with Gasteiger partial charge in [-0.3, -0.25) is 25.0 Å². The predicted octanol–water partition coefficient (Wildman–Crippen LogP) is 1.92. The zero-order valence-electron chi connectivity index (χ0n) is 13.8. The average Bonchev–Trinajstić information content (AvgIpc) is 2.65. The lowest BCUT2D eigenvalue weighted by molar-refractivity contribution is -0.396. The Balaban J connectivity index is 2.59. The zero-order valence-corrected chi connectivity index (χ0v) is 14.6. The standard InChI is InChI=1S/C15H13N3O8S/c1-26-15(19)9-16-11-4-2-3-5-13(11)27(24,25)14-7-6-10(17(20)21)8-12(14)18(22)23/h2-8,16H,9H2,1H3. The molecule has 0 aliphatic carbocycles.